The van der Waals surface area contributed by atoms with Gasteiger partial charge >= 0.3 is 0 Å². The third-order valence-corrected chi connectivity index (χ3v) is 2.35. The Morgan fingerprint density at radius 2 is 2.06 bits per heavy atom. The van der Waals surface area contributed by atoms with Crippen molar-refractivity contribution in [2.24, 2.45) is 5.73 Å². The molecule has 0 radical (unpaired) electrons. The Hall–Kier alpha value is -1.13. The average molecular weight is 241 g/mol. The number of hydrogen-bond donors (Lipinski definition) is 1. The Bertz CT molecular complexity index is 355. The van der Waals surface area contributed by atoms with E-state index < -0.39 is 0 Å². The average Bonchev–Trinajstić information content (AvgIpc) is 2.28. The molecule has 1 rings (SSSR count). The SMILES string of the molecule is CCOCC(C)Oc1ccc(F)cc1C(C)N. The van der Waals surface area contributed by atoms with Gasteiger partial charge in [-0.3, -0.25) is 0 Å². The summed E-state index contributed by atoms with van der Waals surface area (Å²) in [6, 6.07) is 4.12. The Labute approximate surface area is 102 Å². The number of halogens is 1. The largest absolute Gasteiger partial charge is 0.488 e. The van der Waals surface area contributed by atoms with Crippen LogP contribution in [0.5, 0.6) is 5.75 Å². The van der Waals surface area contributed by atoms with Crippen molar-refractivity contribution in [2.45, 2.75) is 32.9 Å². The van der Waals surface area contributed by atoms with Crippen LogP contribution in [0, 0.1) is 5.82 Å². The molecule has 96 valence electrons. The lowest BCUT2D eigenvalue weighted by molar-refractivity contribution is 0.0650. The predicted molar refractivity (Wildman–Crippen MR) is 65.6 cm³/mol. The third-order valence-electron chi connectivity index (χ3n) is 2.35. The fourth-order valence-electron chi connectivity index (χ4n) is 1.52. The maximum absolute atomic E-state index is 13.1. The van der Waals surface area contributed by atoms with Gasteiger partial charge in [0.15, 0.2) is 0 Å². The fourth-order valence-corrected chi connectivity index (χ4v) is 1.52. The number of ether oxygens (including phenoxy) is 2. The van der Waals surface area contributed by atoms with E-state index in [2.05, 4.69) is 0 Å². The van der Waals surface area contributed by atoms with E-state index in [9.17, 15) is 4.39 Å². The van der Waals surface area contributed by atoms with Crippen molar-refractivity contribution in [2.75, 3.05) is 13.2 Å². The van der Waals surface area contributed by atoms with Crippen LogP contribution in [0.25, 0.3) is 0 Å². The minimum Gasteiger partial charge on any atom is -0.488 e. The van der Waals surface area contributed by atoms with Gasteiger partial charge in [0.05, 0.1) is 6.61 Å². The molecule has 0 saturated carbocycles. The standard InChI is InChI=1S/C13H20FNO2/c1-4-16-8-9(2)17-13-6-5-11(14)7-12(13)10(3)15/h5-7,9-10H,4,8,15H2,1-3H3. The minimum atomic E-state index is -0.304. The highest BCUT2D eigenvalue weighted by Gasteiger charge is 2.12. The molecule has 0 aliphatic carbocycles. The molecule has 2 unspecified atom stereocenters. The summed E-state index contributed by atoms with van der Waals surface area (Å²) in [5.74, 6) is 0.315. The van der Waals surface area contributed by atoms with Crippen LogP contribution in [0.15, 0.2) is 18.2 Å². The second-order valence-corrected chi connectivity index (χ2v) is 4.06. The van der Waals surface area contributed by atoms with Crippen molar-refractivity contribution in [3.05, 3.63) is 29.6 Å². The normalized spacial score (nSPS) is 14.4. The molecule has 0 fully saturated rings. The molecular weight excluding hydrogens is 221 g/mol. The number of nitrogens with two attached hydrogens (primary N) is 1. The van der Waals surface area contributed by atoms with Gasteiger partial charge in [-0.05, 0) is 39.0 Å². The van der Waals surface area contributed by atoms with E-state index in [1.807, 2.05) is 13.8 Å². The Morgan fingerprint density at radius 1 is 1.35 bits per heavy atom. The molecule has 3 nitrogen and oxygen atoms in total. The summed E-state index contributed by atoms with van der Waals surface area (Å²) in [5.41, 5.74) is 6.46. The molecule has 0 aliphatic heterocycles. The molecule has 0 aliphatic rings. The zero-order valence-electron chi connectivity index (χ0n) is 10.6. The van der Waals surface area contributed by atoms with Gasteiger partial charge in [0.2, 0.25) is 0 Å². The second kappa shape index (κ2) is 6.57. The lowest BCUT2D eigenvalue weighted by Crippen LogP contribution is -2.20. The van der Waals surface area contributed by atoms with Gasteiger partial charge in [0.25, 0.3) is 0 Å². The summed E-state index contributed by atoms with van der Waals surface area (Å²) >= 11 is 0. The minimum absolute atomic E-state index is 0.0853. The summed E-state index contributed by atoms with van der Waals surface area (Å²) in [5, 5.41) is 0. The van der Waals surface area contributed by atoms with Crippen LogP contribution < -0.4 is 10.5 Å². The van der Waals surface area contributed by atoms with Crippen LogP contribution >= 0.6 is 0 Å². The van der Waals surface area contributed by atoms with Gasteiger partial charge in [-0.25, -0.2) is 4.39 Å². The molecule has 1 aromatic carbocycles. The first-order valence-electron chi connectivity index (χ1n) is 5.84. The second-order valence-electron chi connectivity index (χ2n) is 4.06. The van der Waals surface area contributed by atoms with Crippen molar-refractivity contribution in [3.63, 3.8) is 0 Å². The van der Waals surface area contributed by atoms with Crippen molar-refractivity contribution in [1.82, 2.24) is 0 Å². The van der Waals surface area contributed by atoms with Crippen LogP contribution in [-0.4, -0.2) is 19.3 Å². The van der Waals surface area contributed by atoms with E-state index >= 15 is 0 Å². The molecule has 0 bridgehead atoms. The zero-order valence-corrected chi connectivity index (χ0v) is 10.6. The monoisotopic (exact) mass is 241 g/mol. The number of benzene rings is 1. The number of rotatable bonds is 6. The smallest absolute Gasteiger partial charge is 0.124 e. The van der Waals surface area contributed by atoms with Crippen LogP contribution in [0.2, 0.25) is 0 Å². The summed E-state index contributed by atoms with van der Waals surface area (Å²) < 4.78 is 24.1. The van der Waals surface area contributed by atoms with E-state index in [-0.39, 0.29) is 18.0 Å². The van der Waals surface area contributed by atoms with Crippen molar-refractivity contribution < 1.29 is 13.9 Å². The quantitative estimate of drug-likeness (QED) is 0.832. The van der Waals surface area contributed by atoms with Crippen LogP contribution in [0.3, 0.4) is 0 Å². The topological polar surface area (TPSA) is 44.5 Å². The molecule has 0 aromatic heterocycles. The van der Waals surface area contributed by atoms with Crippen molar-refractivity contribution in [1.29, 1.82) is 0 Å². The van der Waals surface area contributed by atoms with Crippen molar-refractivity contribution in [3.8, 4) is 5.75 Å². The third kappa shape index (κ3) is 4.32. The van der Waals surface area contributed by atoms with E-state index in [0.717, 1.165) is 0 Å². The lowest BCUT2D eigenvalue weighted by Gasteiger charge is -2.18. The summed E-state index contributed by atoms with van der Waals surface area (Å²) in [6.07, 6.45) is -0.0853. The van der Waals surface area contributed by atoms with Crippen molar-refractivity contribution >= 4 is 0 Å². The summed E-state index contributed by atoms with van der Waals surface area (Å²) in [7, 11) is 0. The molecule has 2 atom stereocenters. The lowest BCUT2D eigenvalue weighted by atomic mass is 10.1. The van der Waals surface area contributed by atoms with E-state index in [1.54, 1.807) is 13.0 Å². The summed E-state index contributed by atoms with van der Waals surface area (Å²) in [6.45, 7) is 6.79. The first-order chi connectivity index (χ1) is 8.04. The van der Waals surface area contributed by atoms with Crippen LogP contribution in [0.1, 0.15) is 32.4 Å². The van der Waals surface area contributed by atoms with Gasteiger partial charge in [0.1, 0.15) is 17.7 Å². The van der Waals surface area contributed by atoms with Gasteiger partial charge in [0, 0.05) is 18.2 Å². The maximum Gasteiger partial charge on any atom is 0.124 e. The molecule has 0 saturated heterocycles. The van der Waals surface area contributed by atoms with E-state index in [1.165, 1.54) is 12.1 Å². The highest BCUT2D eigenvalue weighted by molar-refractivity contribution is 5.36. The predicted octanol–water partition coefficient (Wildman–Crippen LogP) is 2.65. The van der Waals surface area contributed by atoms with Crippen LogP contribution in [0.4, 0.5) is 4.39 Å². The summed E-state index contributed by atoms with van der Waals surface area (Å²) in [4.78, 5) is 0. The van der Waals surface area contributed by atoms with E-state index in [4.69, 9.17) is 15.2 Å². The van der Waals surface area contributed by atoms with Gasteiger partial charge in [-0.15, -0.1) is 0 Å². The Morgan fingerprint density at radius 3 is 2.65 bits per heavy atom. The fraction of sp³-hybridized carbons (Fsp3) is 0.538. The zero-order chi connectivity index (χ0) is 12.8. The maximum atomic E-state index is 13.1. The van der Waals surface area contributed by atoms with Gasteiger partial charge in [-0.2, -0.15) is 0 Å². The highest BCUT2D eigenvalue weighted by Crippen LogP contribution is 2.25. The Kier molecular flexibility index (Phi) is 5.38. The molecule has 4 heteroatoms. The van der Waals surface area contributed by atoms with Gasteiger partial charge < -0.3 is 15.2 Å². The molecule has 0 spiro atoms. The first-order valence-corrected chi connectivity index (χ1v) is 5.84. The van der Waals surface area contributed by atoms with Crippen LogP contribution in [-0.2, 0) is 4.74 Å². The molecule has 2 N–H and O–H groups in total. The molecule has 0 heterocycles. The Balaban J connectivity index is 2.76. The number of hydrogen-bond acceptors (Lipinski definition) is 3. The highest BCUT2D eigenvalue weighted by atomic mass is 19.1. The van der Waals surface area contributed by atoms with E-state index in [0.29, 0.717) is 24.5 Å². The molecular formula is C13H20FNO2. The molecule has 0 amide bonds. The molecule has 17 heavy (non-hydrogen) atoms. The molecule has 1 aromatic rings. The van der Waals surface area contributed by atoms with Gasteiger partial charge in [-0.1, -0.05) is 0 Å². The first kappa shape index (κ1) is 13.9.